The van der Waals surface area contributed by atoms with Gasteiger partial charge in [0, 0.05) is 30.0 Å². The maximum atomic E-state index is 12.1. The van der Waals surface area contributed by atoms with Gasteiger partial charge in [-0.1, -0.05) is 45.0 Å². The van der Waals surface area contributed by atoms with Gasteiger partial charge >= 0.3 is 6.03 Å². The molecule has 0 spiro atoms. The zero-order valence-electron chi connectivity index (χ0n) is 15.3. The molecule has 2 aromatic rings. The minimum absolute atomic E-state index is 0.0386. The first-order valence-corrected chi connectivity index (χ1v) is 8.39. The number of hydrogen-bond donors (Lipinski definition) is 3. The second kappa shape index (κ2) is 8.42. The molecule has 3 N–H and O–H groups in total. The lowest BCUT2D eigenvalue weighted by Crippen LogP contribution is -2.45. The van der Waals surface area contributed by atoms with E-state index < -0.39 is 0 Å². The molecule has 134 valence electrons. The molecule has 5 heteroatoms. The Morgan fingerprint density at radius 1 is 1.04 bits per heavy atom. The third-order valence-corrected chi connectivity index (χ3v) is 3.95. The lowest BCUT2D eigenvalue weighted by Gasteiger charge is -2.32. The van der Waals surface area contributed by atoms with E-state index >= 15 is 0 Å². The molecule has 5 nitrogen and oxygen atoms in total. The van der Waals surface area contributed by atoms with E-state index in [0.717, 1.165) is 17.1 Å². The van der Waals surface area contributed by atoms with Crippen molar-refractivity contribution in [1.29, 1.82) is 0 Å². The van der Waals surface area contributed by atoms with Gasteiger partial charge < -0.3 is 20.7 Å². The summed E-state index contributed by atoms with van der Waals surface area (Å²) in [6.07, 6.45) is 0. The average molecular weight is 341 g/mol. The number of ether oxygens (including phenoxy) is 1. The van der Waals surface area contributed by atoms with Crippen LogP contribution in [0.3, 0.4) is 0 Å². The molecule has 0 saturated heterocycles. The summed E-state index contributed by atoms with van der Waals surface area (Å²) in [5.74, 6) is 0.799. The summed E-state index contributed by atoms with van der Waals surface area (Å²) in [5, 5.41) is 9.27. The Kier molecular flexibility index (Phi) is 6.28. The van der Waals surface area contributed by atoms with Crippen LogP contribution in [0.15, 0.2) is 54.6 Å². The number of carbonyl (C=O) groups is 1. The highest BCUT2D eigenvalue weighted by Crippen LogP contribution is 2.25. The van der Waals surface area contributed by atoms with Crippen LogP contribution in [-0.4, -0.2) is 25.7 Å². The van der Waals surface area contributed by atoms with Crippen molar-refractivity contribution >= 4 is 17.4 Å². The molecule has 25 heavy (non-hydrogen) atoms. The Bertz CT molecular complexity index is 681. The van der Waals surface area contributed by atoms with E-state index in [0.29, 0.717) is 6.54 Å². The van der Waals surface area contributed by atoms with Crippen molar-refractivity contribution < 1.29 is 9.53 Å². The van der Waals surface area contributed by atoms with E-state index in [1.54, 1.807) is 7.11 Å². The molecule has 2 amide bonds. The van der Waals surface area contributed by atoms with Gasteiger partial charge in [-0.2, -0.15) is 0 Å². The zero-order valence-corrected chi connectivity index (χ0v) is 15.3. The second-order valence-corrected chi connectivity index (χ2v) is 7.00. The highest BCUT2D eigenvalue weighted by molar-refractivity contribution is 5.89. The van der Waals surface area contributed by atoms with Crippen molar-refractivity contribution in [3.05, 3.63) is 54.6 Å². The number of urea groups is 1. The van der Waals surface area contributed by atoms with Crippen LogP contribution in [0.4, 0.5) is 16.2 Å². The van der Waals surface area contributed by atoms with Crippen LogP contribution < -0.4 is 20.7 Å². The van der Waals surface area contributed by atoms with E-state index in [1.165, 1.54) is 0 Å². The van der Waals surface area contributed by atoms with Crippen LogP contribution in [-0.2, 0) is 0 Å². The molecular formula is C20H27N3O2. The summed E-state index contributed by atoms with van der Waals surface area (Å²) >= 11 is 0. The van der Waals surface area contributed by atoms with Gasteiger partial charge in [-0.3, -0.25) is 0 Å². The predicted molar refractivity (Wildman–Crippen MR) is 103 cm³/mol. The summed E-state index contributed by atoms with van der Waals surface area (Å²) in [4.78, 5) is 12.1. The lowest BCUT2D eigenvalue weighted by molar-refractivity contribution is 0.248. The Balaban J connectivity index is 1.97. The molecule has 2 rings (SSSR count). The van der Waals surface area contributed by atoms with Crippen molar-refractivity contribution in [2.45, 2.75) is 26.8 Å². The van der Waals surface area contributed by atoms with Gasteiger partial charge in [-0.15, -0.1) is 0 Å². The molecule has 0 aliphatic heterocycles. The maximum absolute atomic E-state index is 12.1. The van der Waals surface area contributed by atoms with Gasteiger partial charge in [0.05, 0.1) is 7.11 Å². The van der Waals surface area contributed by atoms with E-state index in [9.17, 15) is 4.79 Å². The zero-order chi connectivity index (χ0) is 18.3. The maximum Gasteiger partial charge on any atom is 0.319 e. The quantitative estimate of drug-likeness (QED) is 0.732. The summed E-state index contributed by atoms with van der Waals surface area (Å²) < 4.78 is 5.27. The third kappa shape index (κ3) is 6.03. The van der Waals surface area contributed by atoms with E-state index in [1.807, 2.05) is 54.6 Å². The summed E-state index contributed by atoms with van der Waals surface area (Å²) in [6, 6.07) is 17.0. The Labute approximate surface area is 149 Å². The minimum atomic E-state index is -0.215. The molecule has 2 aromatic carbocycles. The fourth-order valence-corrected chi connectivity index (χ4v) is 2.38. The van der Waals surface area contributed by atoms with Crippen molar-refractivity contribution in [3.63, 3.8) is 0 Å². The Morgan fingerprint density at radius 2 is 1.72 bits per heavy atom. The van der Waals surface area contributed by atoms with Gasteiger partial charge in [-0.05, 0) is 29.7 Å². The van der Waals surface area contributed by atoms with E-state index in [-0.39, 0.29) is 17.5 Å². The van der Waals surface area contributed by atoms with Gasteiger partial charge in [0.15, 0.2) is 0 Å². The van der Waals surface area contributed by atoms with Crippen molar-refractivity contribution in [2.24, 2.45) is 5.41 Å². The van der Waals surface area contributed by atoms with Crippen LogP contribution in [0.2, 0.25) is 0 Å². The largest absolute Gasteiger partial charge is 0.497 e. The minimum Gasteiger partial charge on any atom is -0.497 e. The summed E-state index contributed by atoms with van der Waals surface area (Å²) in [7, 11) is 1.65. The molecule has 0 saturated carbocycles. The molecule has 0 radical (unpaired) electrons. The molecular weight excluding hydrogens is 314 g/mol. The first-order valence-electron chi connectivity index (χ1n) is 8.39. The topological polar surface area (TPSA) is 62.4 Å². The number of anilines is 2. The number of para-hydroxylation sites is 1. The Hall–Kier alpha value is -2.69. The fraction of sp³-hybridized carbons (Fsp3) is 0.350. The van der Waals surface area contributed by atoms with Crippen LogP contribution >= 0.6 is 0 Å². The molecule has 0 heterocycles. The molecule has 0 aliphatic rings. The van der Waals surface area contributed by atoms with Gasteiger partial charge in [0.25, 0.3) is 0 Å². The van der Waals surface area contributed by atoms with Crippen LogP contribution in [0.1, 0.15) is 20.8 Å². The van der Waals surface area contributed by atoms with Crippen molar-refractivity contribution in [3.8, 4) is 5.75 Å². The standard InChI is InChI=1S/C20H27N3O2/c1-20(2,3)18(22-16-11-8-12-17(13-16)25-4)14-21-19(24)23-15-9-6-5-7-10-15/h5-13,18,22H,14H2,1-4H3,(H2,21,23,24)/t18-/m1/s1. The van der Waals surface area contributed by atoms with Crippen LogP contribution in [0, 0.1) is 5.41 Å². The number of methoxy groups -OCH3 is 1. The first kappa shape index (κ1) is 18.6. The smallest absolute Gasteiger partial charge is 0.319 e. The number of amides is 2. The molecule has 0 bridgehead atoms. The molecule has 0 aromatic heterocycles. The average Bonchev–Trinajstić information content (AvgIpc) is 2.58. The first-order chi connectivity index (χ1) is 11.9. The summed E-state index contributed by atoms with van der Waals surface area (Å²) in [5.41, 5.74) is 1.70. The lowest BCUT2D eigenvalue weighted by atomic mass is 9.86. The van der Waals surface area contributed by atoms with E-state index in [4.69, 9.17) is 4.74 Å². The molecule has 1 atom stereocenters. The van der Waals surface area contributed by atoms with Crippen molar-refractivity contribution in [1.82, 2.24) is 5.32 Å². The normalized spacial score (nSPS) is 12.2. The molecule has 0 aliphatic carbocycles. The van der Waals surface area contributed by atoms with Crippen LogP contribution in [0.5, 0.6) is 5.75 Å². The predicted octanol–water partition coefficient (Wildman–Crippen LogP) is 4.34. The summed E-state index contributed by atoms with van der Waals surface area (Å²) in [6.45, 7) is 6.92. The van der Waals surface area contributed by atoms with Gasteiger partial charge in [0.1, 0.15) is 5.75 Å². The number of hydrogen-bond acceptors (Lipinski definition) is 3. The van der Waals surface area contributed by atoms with E-state index in [2.05, 4.69) is 36.7 Å². The van der Waals surface area contributed by atoms with Gasteiger partial charge in [-0.25, -0.2) is 4.79 Å². The second-order valence-electron chi connectivity index (χ2n) is 7.00. The molecule has 0 fully saturated rings. The van der Waals surface area contributed by atoms with Crippen molar-refractivity contribution in [2.75, 3.05) is 24.3 Å². The molecule has 0 unspecified atom stereocenters. The highest BCUT2D eigenvalue weighted by Gasteiger charge is 2.25. The monoisotopic (exact) mass is 341 g/mol. The number of benzene rings is 2. The van der Waals surface area contributed by atoms with Gasteiger partial charge in [0.2, 0.25) is 0 Å². The number of carbonyl (C=O) groups excluding carboxylic acids is 1. The third-order valence-electron chi connectivity index (χ3n) is 3.95. The SMILES string of the molecule is COc1cccc(N[C@H](CNC(=O)Nc2ccccc2)C(C)(C)C)c1. The highest BCUT2D eigenvalue weighted by atomic mass is 16.5. The number of rotatable bonds is 6. The fourth-order valence-electron chi connectivity index (χ4n) is 2.38. The number of nitrogens with one attached hydrogen (secondary N) is 3. The van der Waals surface area contributed by atoms with Crippen LogP contribution in [0.25, 0.3) is 0 Å². The Morgan fingerprint density at radius 3 is 2.36 bits per heavy atom.